The van der Waals surface area contributed by atoms with Crippen molar-refractivity contribution in [1.29, 1.82) is 0 Å². The molecule has 6 nitrogen and oxygen atoms in total. The molecule has 0 radical (unpaired) electrons. The normalized spacial score (nSPS) is 11.5. The van der Waals surface area contributed by atoms with Gasteiger partial charge in [0.1, 0.15) is 11.5 Å². The molecule has 0 aliphatic heterocycles. The van der Waals surface area contributed by atoms with Crippen LogP contribution in [0.5, 0.6) is 11.5 Å². The quantitative estimate of drug-likeness (QED) is 0.406. The van der Waals surface area contributed by atoms with Gasteiger partial charge in [-0.05, 0) is 75.2 Å². The Labute approximate surface area is 202 Å². The summed E-state index contributed by atoms with van der Waals surface area (Å²) in [5.74, 6) is 0.578. The van der Waals surface area contributed by atoms with Gasteiger partial charge in [0.2, 0.25) is 0 Å². The topological polar surface area (TPSA) is 76.7 Å². The molecule has 10 heteroatoms. The number of hydrogen-bond donors (Lipinski definition) is 2. The summed E-state index contributed by atoms with van der Waals surface area (Å²) in [7, 11) is 0. The Hall–Kier alpha value is -1.10. The first kappa shape index (κ1) is 24.2. The Kier molecular flexibility index (Phi) is 9.94. The summed E-state index contributed by atoms with van der Waals surface area (Å²) in [6.07, 6.45) is 0. The highest BCUT2D eigenvalue weighted by Gasteiger charge is 2.12. The van der Waals surface area contributed by atoms with Crippen LogP contribution in [0.4, 0.5) is 0 Å². The molecule has 1 unspecified atom stereocenters. The minimum Gasteiger partial charge on any atom is -0.483 e. The fraction of sp³-hybridized carbons (Fsp3) is 0.263. The number of ether oxygens (including phenoxy) is 2. The fourth-order valence-electron chi connectivity index (χ4n) is 2.16. The van der Waals surface area contributed by atoms with Gasteiger partial charge in [0.15, 0.2) is 13.2 Å². The van der Waals surface area contributed by atoms with Gasteiger partial charge in [0, 0.05) is 21.5 Å². The standard InChI is InChI=1S/C19H18Br4N2O4/c1-11(25-19(27)10-29-17-5-3-13(21)7-15(17)23)8-24-18(26)9-28-16-4-2-12(20)6-14(16)22/h2-7,11H,8-10H2,1H3,(H,24,26)(H,25,27). The summed E-state index contributed by atoms with van der Waals surface area (Å²) in [5.41, 5.74) is 0. The summed E-state index contributed by atoms with van der Waals surface area (Å²) < 4.78 is 14.3. The third-order valence-corrected chi connectivity index (χ3v) is 5.74. The molecule has 2 aromatic carbocycles. The summed E-state index contributed by atoms with van der Waals surface area (Å²) in [6.45, 7) is 1.82. The zero-order valence-corrected chi connectivity index (χ0v) is 21.7. The highest BCUT2D eigenvalue weighted by Crippen LogP contribution is 2.28. The number of halogens is 4. The minimum atomic E-state index is -0.282. The molecule has 0 saturated heterocycles. The number of carbonyl (C=O) groups is 2. The van der Waals surface area contributed by atoms with Gasteiger partial charge in [-0.3, -0.25) is 9.59 Å². The number of hydrogen-bond acceptors (Lipinski definition) is 4. The van der Waals surface area contributed by atoms with E-state index >= 15 is 0 Å². The molecule has 0 fully saturated rings. The van der Waals surface area contributed by atoms with Crippen LogP contribution in [-0.4, -0.2) is 37.6 Å². The second-order valence-electron chi connectivity index (χ2n) is 6.00. The van der Waals surface area contributed by atoms with Crippen molar-refractivity contribution in [3.05, 3.63) is 54.3 Å². The number of carbonyl (C=O) groups excluding carboxylic acids is 2. The Morgan fingerprint density at radius 2 is 1.34 bits per heavy atom. The van der Waals surface area contributed by atoms with E-state index in [0.29, 0.717) is 11.5 Å². The fourth-order valence-corrected chi connectivity index (χ4v) is 4.48. The lowest BCUT2D eigenvalue weighted by atomic mass is 10.3. The van der Waals surface area contributed by atoms with Gasteiger partial charge < -0.3 is 20.1 Å². The molecule has 0 aromatic heterocycles. The molecule has 2 N–H and O–H groups in total. The highest BCUT2D eigenvalue weighted by atomic mass is 79.9. The Bertz CT molecular complexity index is 879. The van der Waals surface area contributed by atoms with E-state index in [1.54, 1.807) is 19.1 Å². The maximum Gasteiger partial charge on any atom is 0.258 e. The van der Waals surface area contributed by atoms with Gasteiger partial charge in [-0.25, -0.2) is 0 Å². The zero-order valence-electron chi connectivity index (χ0n) is 15.3. The van der Waals surface area contributed by atoms with Crippen LogP contribution in [-0.2, 0) is 9.59 Å². The smallest absolute Gasteiger partial charge is 0.258 e. The molecule has 0 heterocycles. The number of rotatable bonds is 9. The molecule has 0 aliphatic carbocycles. The summed E-state index contributed by atoms with van der Waals surface area (Å²) in [5, 5.41) is 5.49. The lowest BCUT2D eigenvalue weighted by molar-refractivity contribution is -0.125. The van der Waals surface area contributed by atoms with E-state index in [2.05, 4.69) is 74.4 Å². The van der Waals surface area contributed by atoms with Crippen LogP contribution in [0.2, 0.25) is 0 Å². The molecular weight excluding hydrogens is 640 g/mol. The van der Waals surface area contributed by atoms with Crippen molar-refractivity contribution in [2.45, 2.75) is 13.0 Å². The lowest BCUT2D eigenvalue weighted by Gasteiger charge is -2.16. The number of nitrogens with one attached hydrogen (secondary N) is 2. The monoisotopic (exact) mass is 654 g/mol. The Balaban J connectivity index is 1.68. The second kappa shape index (κ2) is 11.9. The molecule has 156 valence electrons. The van der Waals surface area contributed by atoms with Crippen LogP contribution in [0.15, 0.2) is 54.3 Å². The molecule has 1 atom stereocenters. The van der Waals surface area contributed by atoms with E-state index in [-0.39, 0.29) is 37.6 Å². The number of benzene rings is 2. The van der Waals surface area contributed by atoms with E-state index in [0.717, 1.165) is 17.9 Å². The van der Waals surface area contributed by atoms with Gasteiger partial charge in [-0.15, -0.1) is 0 Å². The average molecular weight is 658 g/mol. The van der Waals surface area contributed by atoms with Crippen molar-refractivity contribution in [3.8, 4) is 11.5 Å². The van der Waals surface area contributed by atoms with Gasteiger partial charge in [0.05, 0.1) is 8.95 Å². The first-order valence-electron chi connectivity index (χ1n) is 8.46. The third kappa shape index (κ3) is 8.65. The molecule has 29 heavy (non-hydrogen) atoms. The van der Waals surface area contributed by atoms with Crippen LogP contribution >= 0.6 is 63.7 Å². The lowest BCUT2D eigenvalue weighted by Crippen LogP contribution is -2.44. The van der Waals surface area contributed by atoms with Crippen molar-refractivity contribution in [2.75, 3.05) is 19.8 Å². The van der Waals surface area contributed by atoms with Crippen molar-refractivity contribution >= 4 is 75.5 Å². The second-order valence-corrected chi connectivity index (χ2v) is 9.54. The minimum absolute atomic E-state index is 0.123. The number of amides is 2. The molecule has 2 amide bonds. The predicted molar refractivity (Wildman–Crippen MR) is 125 cm³/mol. The first-order valence-corrected chi connectivity index (χ1v) is 11.6. The van der Waals surface area contributed by atoms with Crippen LogP contribution in [0.1, 0.15) is 6.92 Å². The maximum atomic E-state index is 12.0. The van der Waals surface area contributed by atoms with Gasteiger partial charge in [0.25, 0.3) is 11.8 Å². The van der Waals surface area contributed by atoms with Crippen LogP contribution < -0.4 is 20.1 Å². The van der Waals surface area contributed by atoms with E-state index in [1.165, 1.54) is 0 Å². The highest BCUT2D eigenvalue weighted by molar-refractivity contribution is 9.11. The Morgan fingerprint density at radius 1 is 0.862 bits per heavy atom. The van der Waals surface area contributed by atoms with E-state index in [4.69, 9.17) is 9.47 Å². The van der Waals surface area contributed by atoms with Crippen LogP contribution in [0, 0.1) is 0 Å². The van der Waals surface area contributed by atoms with Crippen molar-refractivity contribution in [3.63, 3.8) is 0 Å². The molecule has 2 rings (SSSR count). The Morgan fingerprint density at radius 3 is 1.83 bits per heavy atom. The molecule has 0 aliphatic rings. The SMILES string of the molecule is CC(CNC(=O)COc1ccc(Br)cc1Br)NC(=O)COc1ccc(Br)cc1Br. The maximum absolute atomic E-state index is 12.0. The van der Waals surface area contributed by atoms with Crippen molar-refractivity contribution in [1.82, 2.24) is 10.6 Å². The van der Waals surface area contributed by atoms with Gasteiger partial charge in [-0.1, -0.05) is 31.9 Å². The molecule has 2 aromatic rings. The molecule has 0 bridgehead atoms. The average Bonchev–Trinajstić information content (AvgIpc) is 2.65. The van der Waals surface area contributed by atoms with E-state index in [1.807, 2.05) is 24.3 Å². The van der Waals surface area contributed by atoms with Crippen molar-refractivity contribution < 1.29 is 19.1 Å². The van der Waals surface area contributed by atoms with Crippen molar-refractivity contribution in [2.24, 2.45) is 0 Å². The molecular formula is C19H18Br4N2O4. The van der Waals surface area contributed by atoms with E-state index in [9.17, 15) is 9.59 Å². The largest absolute Gasteiger partial charge is 0.483 e. The zero-order chi connectivity index (χ0) is 21.4. The summed E-state index contributed by atoms with van der Waals surface area (Å²) in [6, 6.07) is 10.6. The summed E-state index contributed by atoms with van der Waals surface area (Å²) >= 11 is 13.5. The van der Waals surface area contributed by atoms with Gasteiger partial charge in [-0.2, -0.15) is 0 Å². The first-order chi connectivity index (χ1) is 13.7. The predicted octanol–water partition coefficient (Wildman–Crippen LogP) is 4.82. The van der Waals surface area contributed by atoms with E-state index < -0.39 is 0 Å². The van der Waals surface area contributed by atoms with Crippen LogP contribution in [0.3, 0.4) is 0 Å². The molecule has 0 spiro atoms. The van der Waals surface area contributed by atoms with Crippen LogP contribution in [0.25, 0.3) is 0 Å². The van der Waals surface area contributed by atoms with Gasteiger partial charge >= 0.3 is 0 Å². The third-order valence-electron chi connectivity index (χ3n) is 3.52. The summed E-state index contributed by atoms with van der Waals surface area (Å²) in [4.78, 5) is 24.0. The molecule has 0 saturated carbocycles.